The molecule has 0 amide bonds. The van der Waals surface area contributed by atoms with Crippen LogP contribution in [-0.2, 0) is 7.05 Å². The summed E-state index contributed by atoms with van der Waals surface area (Å²) in [5, 5.41) is 12.5. The molecule has 0 bridgehead atoms. The Bertz CT molecular complexity index is 803. The third kappa shape index (κ3) is 2.37. The average Bonchev–Trinajstić information content (AvgIpc) is 2.94. The lowest BCUT2D eigenvalue weighted by atomic mass is 10.2. The SMILES string of the molecule is Cc1nc(N[C@H](C)c2cnnn2C)c2c(C)c(C)sc2n1. The molecule has 21 heavy (non-hydrogen) atoms. The maximum atomic E-state index is 4.59. The van der Waals surface area contributed by atoms with Crippen molar-refractivity contribution in [2.24, 2.45) is 7.05 Å². The van der Waals surface area contributed by atoms with Crippen molar-refractivity contribution in [3.63, 3.8) is 0 Å². The molecular formula is C14H18N6S. The predicted octanol–water partition coefficient (Wildman–Crippen LogP) is 2.92. The van der Waals surface area contributed by atoms with Gasteiger partial charge in [-0.05, 0) is 33.3 Å². The highest BCUT2D eigenvalue weighted by Gasteiger charge is 2.17. The molecule has 0 spiro atoms. The van der Waals surface area contributed by atoms with E-state index in [1.54, 1.807) is 22.2 Å². The zero-order chi connectivity index (χ0) is 15.1. The van der Waals surface area contributed by atoms with E-state index in [1.165, 1.54) is 10.4 Å². The lowest BCUT2D eigenvalue weighted by Gasteiger charge is -2.15. The van der Waals surface area contributed by atoms with Gasteiger partial charge in [-0.1, -0.05) is 5.21 Å². The van der Waals surface area contributed by atoms with Gasteiger partial charge in [-0.15, -0.1) is 16.4 Å². The number of rotatable bonds is 3. The van der Waals surface area contributed by atoms with E-state index < -0.39 is 0 Å². The standard InChI is InChI=1S/C14H18N6S/c1-7-9(3)21-14-12(7)13(17-10(4)18-14)16-8(2)11-6-15-19-20(11)5/h6,8H,1-5H3,(H,16,17,18)/t8-/m1/s1. The van der Waals surface area contributed by atoms with Crippen LogP contribution in [0.3, 0.4) is 0 Å². The lowest BCUT2D eigenvalue weighted by Crippen LogP contribution is -2.13. The van der Waals surface area contributed by atoms with Gasteiger partial charge in [0.1, 0.15) is 16.5 Å². The molecular weight excluding hydrogens is 284 g/mol. The summed E-state index contributed by atoms with van der Waals surface area (Å²) in [6, 6.07) is 0.0714. The second-order valence-electron chi connectivity index (χ2n) is 5.23. The van der Waals surface area contributed by atoms with Crippen LogP contribution in [0.2, 0.25) is 0 Å². The predicted molar refractivity (Wildman–Crippen MR) is 84.7 cm³/mol. The number of fused-ring (bicyclic) bond motifs is 1. The van der Waals surface area contributed by atoms with Crippen LogP contribution < -0.4 is 5.32 Å². The second kappa shape index (κ2) is 5.07. The Morgan fingerprint density at radius 3 is 2.67 bits per heavy atom. The van der Waals surface area contributed by atoms with Crippen LogP contribution in [0.5, 0.6) is 0 Å². The minimum atomic E-state index is 0.0714. The number of aromatic nitrogens is 5. The summed E-state index contributed by atoms with van der Waals surface area (Å²) in [7, 11) is 1.89. The first kappa shape index (κ1) is 13.9. The van der Waals surface area contributed by atoms with Crippen molar-refractivity contribution in [3.8, 4) is 0 Å². The molecule has 1 atom stereocenters. The second-order valence-corrected chi connectivity index (χ2v) is 6.43. The number of aryl methyl sites for hydroxylation is 4. The highest BCUT2D eigenvalue weighted by molar-refractivity contribution is 7.18. The van der Waals surface area contributed by atoms with E-state index in [-0.39, 0.29) is 6.04 Å². The molecule has 0 fully saturated rings. The Kier molecular flexibility index (Phi) is 3.36. The van der Waals surface area contributed by atoms with Gasteiger partial charge in [0, 0.05) is 11.9 Å². The Balaban J connectivity index is 2.06. The number of hydrogen-bond donors (Lipinski definition) is 1. The van der Waals surface area contributed by atoms with Gasteiger partial charge in [0.2, 0.25) is 0 Å². The summed E-state index contributed by atoms with van der Waals surface area (Å²) in [5.41, 5.74) is 2.26. The molecule has 1 N–H and O–H groups in total. The van der Waals surface area contributed by atoms with Gasteiger partial charge < -0.3 is 5.32 Å². The summed E-state index contributed by atoms with van der Waals surface area (Å²) < 4.78 is 1.77. The van der Waals surface area contributed by atoms with E-state index in [0.717, 1.165) is 27.6 Å². The van der Waals surface area contributed by atoms with Crippen LogP contribution in [-0.4, -0.2) is 25.0 Å². The summed E-state index contributed by atoms with van der Waals surface area (Å²) in [5.74, 6) is 1.66. The quantitative estimate of drug-likeness (QED) is 0.805. The van der Waals surface area contributed by atoms with Crippen molar-refractivity contribution >= 4 is 27.4 Å². The summed E-state index contributed by atoms with van der Waals surface area (Å²) in [6.45, 7) is 8.24. The molecule has 3 aromatic rings. The normalized spacial score (nSPS) is 12.8. The van der Waals surface area contributed by atoms with Crippen molar-refractivity contribution in [1.29, 1.82) is 0 Å². The van der Waals surface area contributed by atoms with Gasteiger partial charge in [-0.2, -0.15) is 0 Å². The van der Waals surface area contributed by atoms with Gasteiger partial charge in [-0.3, -0.25) is 4.68 Å². The summed E-state index contributed by atoms with van der Waals surface area (Å²) >= 11 is 1.71. The molecule has 0 unspecified atom stereocenters. The van der Waals surface area contributed by atoms with Crippen LogP contribution >= 0.6 is 11.3 Å². The molecule has 0 aliphatic carbocycles. The van der Waals surface area contributed by atoms with E-state index in [2.05, 4.69) is 46.4 Å². The van der Waals surface area contributed by atoms with Gasteiger partial charge in [0.25, 0.3) is 0 Å². The fourth-order valence-corrected chi connectivity index (χ4v) is 3.50. The molecule has 3 heterocycles. The lowest BCUT2D eigenvalue weighted by molar-refractivity contribution is 0.652. The van der Waals surface area contributed by atoms with E-state index in [1.807, 2.05) is 14.0 Å². The van der Waals surface area contributed by atoms with Crippen molar-refractivity contribution in [1.82, 2.24) is 25.0 Å². The molecule has 6 nitrogen and oxygen atoms in total. The first-order valence-corrected chi connectivity index (χ1v) is 7.64. The smallest absolute Gasteiger partial charge is 0.139 e. The Morgan fingerprint density at radius 1 is 1.24 bits per heavy atom. The zero-order valence-corrected chi connectivity index (χ0v) is 13.6. The van der Waals surface area contributed by atoms with Crippen molar-refractivity contribution in [3.05, 3.63) is 28.2 Å². The van der Waals surface area contributed by atoms with Crippen molar-refractivity contribution in [2.75, 3.05) is 5.32 Å². The minimum absolute atomic E-state index is 0.0714. The molecule has 110 valence electrons. The van der Waals surface area contributed by atoms with Crippen LogP contribution in [0.15, 0.2) is 6.20 Å². The van der Waals surface area contributed by atoms with E-state index >= 15 is 0 Å². The minimum Gasteiger partial charge on any atom is -0.361 e. The topological polar surface area (TPSA) is 68.5 Å². The Morgan fingerprint density at radius 2 is 2.00 bits per heavy atom. The highest BCUT2D eigenvalue weighted by atomic mass is 32.1. The third-order valence-corrected chi connectivity index (χ3v) is 4.79. The van der Waals surface area contributed by atoms with Crippen LogP contribution in [0.4, 0.5) is 5.82 Å². The number of thiophene rings is 1. The average molecular weight is 302 g/mol. The molecule has 7 heteroatoms. The third-order valence-electron chi connectivity index (χ3n) is 3.69. The molecule has 0 aromatic carbocycles. The van der Waals surface area contributed by atoms with Gasteiger partial charge in [0.05, 0.1) is 23.3 Å². The zero-order valence-electron chi connectivity index (χ0n) is 12.8. The maximum Gasteiger partial charge on any atom is 0.139 e. The molecule has 0 radical (unpaired) electrons. The van der Waals surface area contributed by atoms with E-state index in [0.29, 0.717) is 0 Å². The molecule has 0 aliphatic rings. The van der Waals surface area contributed by atoms with Crippen LogP contribution in [0, 0.1) is 20.8 Å². The summed E-state index contributed by atoms with van der Waals surface area (Å²) in [4.78, 5) is 11.5. The molecule has 3 rings (SSSR count). The molecule has 0 aliphatic heterocycles. The molecule has 3 aromatic heterocycles. The first-order valence-electron chi connectivity index (χ1n) is 6.83. The fourth-order valence-electron chi connectivity index (χ4n) is 2.43. The monoisotopic (exact) mass is 302 g/mol. The van der Waals surface area contributed by atoms with E-state index in [9.17, 15) is 0 Å². The van der Waals surface area contributed by atoms with Crippen molar-refractivity contribution in [2.45, 2.75) is 33.7 Å². The maximum absolute atomic E-state index is 4.59. The Labute approximate surface area is 127 Å². The number of nitrogens with one attached hydrogen (secondary N) is 1. The van der Waals surface area contributed by atoms with Crippen LogP contribution in [0.1, 0.15) is 34.9 Å². The highest BCUT2D eigenvalue weighted by Crippen LogP contribution is 2.34. The van der Waals surface area contributed by atoms with Crippen LogP contribution in [0.25, 0.3) is 10.2 Å². The summed E-state index contributed by atoms with van der Waals surface area (Å²) in [6.07, 6.45) is 1.77. The Hall–Kier alpha value is -2.02. The largest absolute Gasteiger partial charge is 0.361 e. The van der Waals surface area contributed by atoms with Gasteiger partial charge >= 0.3 is 0 Å². The number of hydrogen-bond acceptors (Lipinski definition) is 6. The van der Waals surface area contributed by atoms with Gasteiger partial charge in [-0.25, -0.2) is 9.97 Å². The number of nitrogens with zero attached hydrogens (tertiary/aromatic N) is 5. The molecule has 0 saturated carbocycles. The van der Waals surface area contributed by atoms with E-state index in [4.69, 9.17) is 0 Å². The first-order chi connectivity index (χ1) is 9.97. The number of anilines is 1. The van der Waals surface area contributed by atoms with Crippen molar-refractivity contribution < 1.29 is 0 Å². The fraction of sp³-hybridized carbons (Fsp3) is 0.429. The molecule has 0 saturated heterocycles. The van der Waals surface area contributed by atoms with Gasteiger partial charge in [0.15, 0.2) is 0 Å².